The Morgan fingerprint density at radius 2 is 1.75 bits per heavy atom. The molecule has 0 bridgehead atoms. The van der Waals surface area contributed by atoms with Gasteiger partial charge in [0, 0.05) is 0 Å². The second-order valence-corrected chi connectivity index (χ2v) is 11.5. The predicted octanol–water partition coefficient (Wildman–Crippen LogP) is 7.68. The summed E-state index contributed by atoms with van der Waals surface area (Å²) in [5.41, 5.74) is 2.54. The van der Waals surface area contributed by atoms with Gasteiger partial charge in [0.2, 0.25) is 0 Å². The maximum absolute atomic E-state index is 11.3. The first-order valence-electron chi connectivity index (χ1n) is 12.9. The topological polar surface area (TPSA) is 20.2 Å². The lowest BCUT2D eigenvalue weighted by atomic mass is 9.46. The van der Waals surface area contributed by atoms with Gasteiger partial charge in [-0.3, -0.25) is 0 Å². The van der Waals surface area contributed by atoms with E-state index >= 15 is 0 Å². The first kappa shape index (κ1) is 21.0. The standard InChI is InChI=1S/C27H46O/c1-4-5-6-7-8-9-12-20-14-15-22-25-23(16-18-27(20,22)3)26(2)17-11-10-13-21(26)19-24(25)28/h13,20,22-25,28H,4-12,14-19H2,1-3H3/t20-,22-,23-,24-,25-,26-,27+/m0/s1. The van der Waals surface area contributed by atoms with Gasteiger partial charge in [-0.05, 0) is 92.3 Å². The van der Waals surface area contributed by atoms with Crippen molar-refractivity contribution in [2.24, 2.45) is 34.5 Å². The highest BCUT2D eigenvalue weighted by Crippen LogP contribution is 2.67. The van der Waals surface area contributed by atoms with Crippen molar-refractivity contribution in [1.82, 2.24) is 0 Å². The van der Waals surface area contributed by atoms with E-state index in [2.05, 4.69) is 26.8 Å². The monoisotopic (exact) mass is 386 g/mol. The van der Waals surface area contributed by atoms with Gasteiger partial charge in [-0.15, -0.1) is 0 Å². The van der Waals surface area contributed by atoms with Gasteiger partial charge in [0.25, 0.3) is 0 Å². The molecule has 0 aromatic carbocycles. The molecule has 1 N–H and O–H groups in total. The summed E-state index contributed by atoms with van der Waals surface area (Å²) < 4.78 is 0. The molecule has 7 atom stereocenters. The van der Waals surface area contributed by atoms with Crippen molar-refractivity contribution in [3.05, 3.63) is 11.6 Å². The summed E-state index contributed by atoms with van der Waals surface area (Å²) >= 11 is 0. The molecule has 4 aliphatic carbocycles. The van der Waals surface area contributed by atoms with E-state index in [1.807, 2.05) is 0 Å². The van der Waals surface area contributed by atoms with E-state index in [-0.39, 0.29) is 6.10 Å². The Morgan fingerprint density at radius 1 is 0.964 bits per heavy atom. The molecule has 0 amide bonds. The van der Waals surface area contributed by atoms with Crippen LogP contribution in [0, 0.1) is 34.5 Å². The number of hydrogen-bond acceptors (Lipinski definition) is 1. The molecule has 3 fully saturated rings. The average Bonchev–Trinajstić information content (AvgIpc) is 3.01. The third kappa shape index (κ3) is 3.52. The van der Waals surface area contributed by atoms with Crippen LogP contribution in [0.25, 0.3) is 0 Å². The number of aliphatic hydroxyl groups excluding tert-OH is 1. The number of fused-ring (bicyclic) bond motifs is 5. The molecule has 28 heavy (non-hydrogen) atoms. The quantitative estimate of drug-likeness (QED) is 0.351. The summed E-state index contributed by atoms with van der Waals surface area (Å²) in [5, 5.41) is 11.3. The van der Waals surface area contributed by atoms with E-state index in [0.717, 1.165) is 24.2 Å². The Hall–Kier alpha value is -0.300. The lowest BCUT2D eigenvalue weighted by molar-refractivity contribution is -0.109. The smallest absolute Gasteiger partial charge is 0.0611 e. The lowest BCUT2D eigenvalue weighted by Crippen LogP contribution is -2.55. The molecule has 0 radical (unpaired) electrons. The number of rotatable bonds is 7. The molecule has 4 rings (SSSR count). The molecule has 1 nitrogen and oxygen atoms in total. The lowest BCUT2D eigenvalue weighted by Gasteiger charge is -2.59. The van der Waals surface area contributed by atoms with E-state index in [9.17, 15) is 5.11 Å². The normalized spacial score (nSPS) is 45.1. The fourth-order valence-electron chi connectivity index (χ4n) is 8.47. The van der Waals surface area contributed by atoms with Crippen LogP contribution in [0.1, 0.15) is 117 Å². The summed E-state index contributed by atoms with van der Waals surface area (Å²) in [4.78, 5) is 0. The maximum Gasteiger partial charge on any atom is 0.0611 e. The van der Waals surface area contributed by atoms with E-state index in [0.29, 0.717) is 16.7 Å². The van der Waals surface area contributed by atoms with E-state index < -0.39 is 0 Å². The minimum absolute atomic E-state index is 0.0696. The zero-order valence-electron chi connectivity index (χ0n) is 19.0. The molecular weight excluding hydrogens is 340 g/mol. The molecule has 0 aromatic heterocycles. The van der Waals surface area contributed by atoms with E-state index in [4.69, 9.17) is 0 Å². The summed E-state index contributed by atoms with van der Waals surface area (Å²) in [6, 6.07) is 0. The van der Waals surface area contributed by atoms with Crippen LogP contribution in [0.3, 0.4) is 0 Å². The van der Waals surface area contributed by atoms with Crippen molar-refractivity contribution in [1.29, 1.82) is 0 Å². The summed E-state index contributed by atoms with van der Waals surface area (Å²) in [6.45, 7) is 7.50. The zero-order chi connectivity index (χ0) is 19.8. The Labute approximate surface area is 174 Å². The Morgan fingerprint density at radius 3 is 2.57 bits per heavy atom. The molecule has 0 aromatic rings. The van der Waals surface area contributed by atoms with E-state index in [1.54, 1.807) is 5.57 Å². The number of hydrogen-bond donors (Lipinski definition) is 1. The van der Waals surface area contributed by atoms with Gasteiger partial charge in [0.1, 0.15) is 0 Å². The summed E-state index contributed by atoms with van der Waals surface area (Å²) in [5.74, 6) is 3.03. The van der Waals surface area contributed by atoms with Crippen molar-refractivity contribution in [2.75, 3.05) is 0 Å². The highest BCUT2D eigenvalue weighted by Gasteiger charge is 2.60. The molecule has 4 aliphatic rings. The molecular formula is C27H46O. The van der Waals surface area contributed by atoms with Gasteiger partial charge in [-0.2, -0.15) is 0 Å². The Balaban J connectivity index is 1.42. The minimum atomic E-state index is -0.0696. The van der Waals surface area contributed by atoms with Crippen LogP contribution in [-0.4, -0.2) is 11.2 Å². The van der Waals surface area contributed by atoms with Crippen LogP contribution in [0.5, 0.6) is 0 Å². The van der Waals surface area contributed by atoms with Crippen molar-refractivity contribution in [2.45, 2.75) is 123 Å². The number of unbranched alkanes of at least 4 members (excludes halogenated alkanes) is 5. The van der Waals surface area contributed by atoms with E-state index in [1.165, 1.54) is 89.9 Å². The first-order chi connectivity index (χ1) is 13.5. The van der Waals surface area contributed by atoms with Crippen molar-refractivity contribution >= 4 is 0 Å². The van der Waals surface area contributed by atoms with Crippen LogP contribution in [-0.2, 0) is 0 Å². The van der Waals surface area contributed by atoms with Crippen molar-refractivity contribution in [3.63, 3.8) is 0 Å². The van der Waals surface area contributed by atoms with Crippen LogP contribution in [0.4, 0.5) is 0 Å². The van der Waals surface area contributed by atoms with Gasteiger partial charge in [-0.25, -0.2) is 0 Å². The molecule has 0 saturated heterocycles. The number of aliphatic hydroxyl groups is 1. The van der Waals surface area contributed by atoms with Gasteiger partial charge in [0.15, 0.2) is 0 Å². The summed E-state index contributed by atoms with van der Waals surface area (Å²) in [6.07, 6.45) is 23.0. The van der Waals surface area contributed by atoms with Crippen LogP contribution >= 0.6 is 0 Å². The molecule has 1 heteroatoms. The average molecular weight is 387 g/mol. The summed E-state index contributed by atoms with van der Waals surface area (Å²) in [7, 11) is 0. The second-order valence-electron chi connectivity index (χ2n) is 11.5. The zero-order valence-corrected chi connectivity index (χ0v) is 19.0. The van der Waals surface area contributed by atoms with Crippen LogP contribution in [0.15, 0.2) is 11.6 Å². The molecule has 0 unspecified atom stereocenters. The highest BCUT2D eigenvalue weighted by atomic mass is 16.3. The largest absolute Gasteiger partial charge is 0.392 e. The molecule has 3 saturated carbocycles. The fraction of sp³-hybridized carbons (Fsp3) is 0.926. The third-order valence-corrected chi connectivity index (χ3v) is 10.2. The molecule has 0 heterocycles. The van der Waals surface area contributed by atoms with Gasteiger partial charge in [0.05, 0.1) is 6.10 Å². The fourth-order valence-corrected chi connectivity index (χ4v) is 8.47. The van der Waals surface area contributed by atoms with Crippen molar-refractivity contribution in [3.8, 4) is 0 Å². The third-order valence-electron chi connectivity index (χ3n) is 10.2. The van der Waals surface area contributed by atoms with Crippen molar-refractivity contribution < 1.29 is 5.11 Å². The Kier molecular flexibility index (Phi) is 6.32. The number of allylic oxidation sites excluding steroid dienone is 1. The highest BCUT2D eigenvalue weighted by molar-refractivity contribution is 5.25. The molecule has 0 spiro atoms. The predicted molar refractivity (Wildman–Crippen MR) is 119 cm³/mol. The van der Waals surface area contributed by atoms with Gasteiger partial charge in [-0.1, -0.05) is 70.9 Å². The Bertz CT molecular complexity index is 565. The SMILES string of the molecule is CCCCCCCC[C@H]1CC[C@H]2[C@@H]3[C@@H](O)CC4=CCCC[C@]4(C)[C@H]3CC[C@]12C. The second kappa shape index (κ2) is 8.44. The molecule has 0 aliphatic heterocycles. The maximum atomic E-state index is 11.3. The minimum Gasteiger partial charge on any atom is -0.392 e. The first-order valence-corrected chi connectivity index (χ1v) is 12.9. The molecule has 160 valence electrons. The van der Waals surface area contributed by atoms with Crippen LogP contribution < -0.4 is 0 Å². The van der Waals surface area contributed by atoms with Crippen LogP contribution in [0.2, 0.25) is 0 Å². The van der Waals surface area contributed by atoms with Gasteiger partial charge >= 0.3 is 0 Å². The van der Waals surface area contributed by atoms with Gasteiger partial charge < -0.3 is 5.11 Å².